The van der Waals surface area contributed by atoms with E-state index in [1.807, 2.05) is 0 Å². The van der Waals surface area contributed by atoms with E-state index in [0.717, 1.165) is 45.4 Å². The van der Waals surface area contributed by atoms with Crippen molar-refractivity contribution in [1.82, 2.24) is 14.8 Å². The Morgan fingerprint density at radius 3 is 2.41 bits per heavy atom. The molecule has 2 amide bonds. The average Bonchev–Trinajstić information content (AvgIpc) is 3.27. The Morgan fingerprint density at radius 1 is 0.957 bits per heavy atom. The number of nitrogens with zero attached hydrogens (tertiary/aromatic N) is 3. The first-order valence-corrected chi connectivity index (χ1v) is 15.8. The number of ether oxygens (including phenoxy) is 2. The van der Waals surface area contributed by atoms with Gasteiger partial charge in [0.05, 0.1) is 10.7 Å². The van der Waals surface area contributed by atoms with Gasteiger partial charge in [0.1, 0.15) is 35.4 Å². The van der Waals surface area contributed by atoms with Crippen LogP contribution in [0, 0.1) is 5.92 Å². The molecule has 0 unspecified atom stereocenters. The number of nitrogens with one attached hydrogen (secondary N) is 2. The molecule has 6 N–H and O–H groups in total. The fraction of sp³-hybridized carbons (Fsp3) is 0.548. The predicted octanol–water partition coefficient (Wildman–Crippen LogP) is 1.39. The molecule has 3 aliphatic rings. The van der Waals surface area contributed by atoms with Crippen molar-refractivity contribution in [3.8, 4) is 5.75 Å². The summed E-state index contributed by atoms with van der Waals surface area (Å²) in [6.45, 7) is 4.12. The molecule has 15 heteroatoms. The first-order valence-electron chi connectivity index (χ1n) is 15.4. The summed E-state index contributed by atoms with van der Waals surface area (Å²) in [5, 5.41) is 46.3. The minimum atomic E-state index is -1.91. The molecule has 14 nitrogen and oxygen atoms in total. The van der Waals surface area contributed by atoms with Gasteiger partial charge in [0, 0.05) is 31.2 Å². The number of carbonyl (C=O) groups is 3. The second-order valence-electron chi connectivity index (χ2n) is 12.0. The minimum Gasteiger partial charge on any atom is -0.479 e. The number of carbonyl (C=O) groups excluding carboxylic acids is 2. The van der Waals surface area contributed by atoms with Crippen LogP contribution in [0.5, 0.6) is 5.75 Å². The van der Waals surface area contributed by atoms with Crippen molar-refractivity contribution in [2.75, 3.05) is 43.9 Å². The van der Waals surface area contributed by atoms with Gasteiger partial charge in [0.15, 0.2) is 6.10 Å². The molecule has 2 saturated heterocycles. The normalized spacial score (nSPS) is 29.4. The standard InChI is InChI=1S/C31H40ClN5O9/c1-36-12-3-13-37(15-14-36)19-9-6-17(7-10-19)28(41)35-23-20(34-29(42)21-11-8-18(32)16-33-21)4-2-5-22(23)45-31-26(40)24(38)25(39)27(46-31)30(43)44/h2,4-5,8,11,16-17,19,24-27,31,38-40H,3,6-7,9-10,12-15H2,1H3,(H,34,42)(H,35,41)(H,43,44)/t17?,19?,24-,25-,26+,27-,31+/m0/s1. The fourth-order valence-corrected chi connectivity index (χ4v) is 6.31. The number of pyridine rings is 1. The van der Waals surface area contributed by atoms with Crippen molar-refractivity contribution in [3.63, 3.8) is 0 Å². The van der Waals surface area contributed by atoms with Crippen LogP contribution >= 0.6 is 11.6 Å². The number of para-hydroxylation sites is 1. The van der Waals surface area contributed by atoms with E-state index in [4.69, 9.17) is 21.1 Å². The maximum atomic E-state index is 13.7. The van der Waals surface area contributed by atoms with Crippen LogP contribution in [-0.2, 0) is 14.3 Å². The Labute approximate surface area is 271 Å². The molecule has 0 radical (unpaired) electrons. The number of halogens is 1. The first kappa shape index (κ1) is 34.0. The molecule has 2 aromatic rings. The molecule has 2 aliphatic heterocycles. The molecule has 3 fully saturated rings. The number of benzene rings is 1. The van der Waals surface area contributed by atoms with Gasteiger partial charge in [-0.2, -0.15) is 0 Å². The molecular formula is C31H40ClN5O9. The third-order valence-electron chi connectivity index (χ3n) is 8.88. The molecule has 1 aromatic carbocycles. The molecule has 250 valence electrons. The zero-order valence-electron chi connectivity index (χ0n) is 25.4. The van der Waals surface area contributed by atoms with E-state index in [1.54, 1.807) is 0 Å². The summed E-state index contributed by atoms with van der Waals surface area (Å²) in [6.07, 6.45) is -3.77. The van der Waals surface area contributed by atoms with E-state index in [0.29, 0.717) is 23.9 Å². The van der Waals surface area contributed by atoms with E-state index < -0.39 is 42.6 Å². The molecule has 1 saturated carbocycles. The van der Waals surface area contributed by atoms with E-state index >= 15 is 0 Å². The summed E-state index contributed by atoms with van der Waals surface area (Å²) in [7, 11) is 2.13. The Kier molecular flexibility index (Phi) is 11.1. The highest BCUT2D eigenvalue weighted by atomic mass is 35.5. The Bertz CT molecular complexity index is 1390. The number of amides is 2. The van der Waals surface area contributed by atoms with Gasteiger partial charge in [-0.05, 0) is 76.5 Å². The summed E-state index contributed by atoms with van der Waals surface area (Å²) in [5.41, 5.74) is 0.227. The zero-order chi connectivity index (χ0) is 33.0. The number of likely N-dealkylation sites (N-methyl/N-ethyl adjacent to an activating group) is 1. The number of aliphatic hydroxyl groups excluding tert-OH is 3. The van der Waals surface area contributed by atoms with Crippen molar-refractivity contribution in [2.45, 2.75) is 68.9 Å². The summed E-state index contributed by atoms with van der Waals surface area (Å²) in [4.78, 5) is 47.3. The predicted molar refractivity (Wildman–Crippen MR) is 167 cm³/mol. The maximum Gasteiger partial charge on any atom is 0.335 e. The topological polar surface area (TPSA) is 194 Å². The number of carboxylic acid groups (broad SMARTS) is 1. The molecule has 5 atom stereocenters. The van der Waals surface area contributed by atoms with E-state index in [2.05, 4.69) is 32.5 Å². The van der Waals surface area contributed by atoms with Gasteiger partial charge in [-0.25, -0.2) is 9.78 Å². The van der Waals surface area contributed by atoms with Crippen LogP contribution in [0.1, 0.15) is 42.6 Å². The number of aliphatic carboxylic acids is 1. The Morgan fingerprint density at radius 2 is 1.72 bits per heavy atom. The highest BCUT2D eigenvalue weighted by Crippen LogP contribution is 2.37. The van der Waals surface area contributed by atoms with Gasteiger partial charge in [-0.3, -0.25) is 14.5 Å². The van der Waals surface area contributed by atoms with Gasteiger partial charge in [-0.15, -0.1) is 0 Å². The minimum absolute atomic E-state index is 0.0378. The quantitative estimate of drug-likeness (QED) is 0.238. The Hall–Kier alpha value is -3.37. The summed E-state index contributed by atoms with van der Waals surface area (Å²) < 4.78 is 11.1. The molecule has 0 bridgehead atoms. The van der Waals surface area contributed by atoms with Crippen molar-refractivity contribution < 1.29 is 44.3 Å². The summed E-state index contributed by atoms with van der Waals surface area (Å²) >= 11 is 5.91. The number of hydrogen-bond acceptors (Lipinski definition) is 11. The maximum absolute atomic E-state index is 13.7. The van der Waals surface area contributed by atoms with Gasteiger partial charge in [-0.1, -0.05) is 17.7 Å². The van der Waals surface area contributed by atoms with Crippen LogP contribution in [0.15, 0.2) is 36.5 Å². The van der Waals surface area contributed by atoms with E-state index in [1.165, 1.54) is 36.5 Å². The molecule has 1 aliphatic carbocycles. The number of carboxylic acids is 1. The number of aromatic nitrogens is 1. The van der Waals surface area contributed by atoms with Gasteiger partial charge in [0.25, 0.3) is 5.91 Å². The SMILES string of the molecule is CN1CCCN(C2CCC(C(=O)Nc3c(NC(=O)c4ccc(Cl)cn4)cccc3O[C@@H]3O[C@H](C(=O)O)[C@@H](O)[C@H](O)[C@H]3O)CC2)CC1. The van der Waals surface area contributed by atoms with E-state index in [9.17, 15) is 34.8 Å². The van der Waals surface area contributed by atoms with E-state index in [-0.39, 0.29) is 34.6 Å². The van der Waals surface area contributed by atoms with Crippen LogP contribution in [0.2, 0.25) is 5.02 Å². The molecule has 5 rings (SSSR count). The third-order valence-corrected chi connectivity index (χ3v) is 9.10. The highest BCUT2D eigenvalue weighted by Gasteiger charge is 2.48. The molecule has 0 spiro atoms. The van der Waals surface area contributed by atoms with Gasteiger partial charge in [0.2, 0.25) is 12.2 Å². The van der Waals surface area contributed by atoms with Crippen molar-refractivity contribution >= 4 is 40.8 Å². The number of rotatable bonds is 8. The lowest BCUT2D eigenvalue weighted by molar-refractivity contribution is -0.271. The third kappa shape index (κ3) is 7.94. The molecular weight excluding hydrogens is 622 g/mol. The van der Waals surface area contributed by atoms with Crippen LogP contribution in [-0.4, -0.2) is 123 Å². The average molecular weight is 662 g/mol. The summed E-state index contributed by atoms with van der Waals surface area (Å²) in [6, 6.07) is 7.81. The van der Waals surface area contributed by atoms with Crippen LogP contribution in [0.4, 0.5) is 11.4 Å². The van der Waals surface area contributed by atoms with Crippen LogP contribution < -0.4 is 15.4 Å². The molecule has 46 heavy (non-hydrogen) atoms. The van der Waals surface area contributed by atoms with Crippen LogP contribution in [0.3, 0.4) is 0 Å². The van der Waals surface area contributed by atoms with Crippen LogP contribution in [0.25, 0.3) is 0 Å². The smallest absolute Gasteiger partial charge is 0.335 e. The van der Waals surface area contributed by atoms with Crippen molar-refractivity contribution in [3.05, 3.63) is 47.2 Å². The molecule has 1 aromatic heterocycles. The fourth-order valence-electron chi connectivity index (χ4n) is 6.19. The lowest BCUT2D eigenvalue weighted by Crippen LogP contribution is -2.61. The highest BCUT2D eigenvalue weighted by molar-refractivity contribution is 6.30. The monoisotopic (exact) mass is 661 g/mol. The first-order chi connectivity index (χ1) is 22.0. The van der Waals surface area contributed by atoms with Crippen molar-refractivity contribution in [1.29, 1.82) is 0 Å². The second-order valence-corrected chi connectivity index (χ2v) is 12.5. The zero-order valence-corrected chi connectivity index (χ0v) is 26.2. The number of anilines is 2. The Balaban J connectivity index is 1.35. The summed E-state index contributed by atoms with van der Waals surface area (Å²) in [5.74, 6) is -2.86. The number of hydrogen-bond donors (Lipinski definition) is 6. The van der Waals surface area contributed by atoms with Crippen molar-refractivity contribution in [2.24, 2.45) is 5.92 Å². The lowest BCUT2D eigenvalue weighted by Gasteiger charge is -2.38. The second kappa shape index (κ2) is 15.0. The number of aliphatic hydroxyl groups is 3. The van der Waals surface area contributed by atoms with Gasteiger partial charge >= 0.3 is 5.97 Å². The van der Waals surface area contributed by atoms with Gasteiger partial charge < -0.3 is 45.4 Å². The molecule has 3 heterocycles. The largest absolute Gasteiger partial charge is 0.479 e. The lowest BCUT2D eigenvalue weighted by atomic mass is 9.84.